The van der Waals surface area contributed by atoms with Gasteiger partial charge in [-0.05, 0) is 18.6 Å². The highest BCUT2D eigenvalue weighted by Gasteiger charge is 2.59. The number of aliphatic hydroxyl groups excluding tert-OH is 2. The zero-order valence-electron chi connectivity index (χ0n) is 18.6. The van der Waals surface area contributed by atoms with Gasteiger partial charge in [-0.1, -0.05) is 33.6 Å². The molecule has 3 N–H and O–H groups in total. The van der Waals surface area contributed by atoms with Gasteiger partial charge in [-0.25, -0.2) is 14.3 Å². The molecule has 1 amide bonds. The average molecular weight is 461 g/mol. The fourth-order valence-electron chi connectivity index (χ4n) is 3.38. The van der Waals surface area contributed by atoms with Crippen LogP contribution < -0.4 is 5.32 Å². The lowest BCUT2D eigenvalue weighted by molar-refractivity contribution is -0.198. The van der Waals surface area contributed by atoms with Crippen molar-refractivity contribution in [3.05, 3.63) is 24.2 Å². The van der Waals surface area contributed by atoms with Crippen molar-refractivity contribution < 1.29 is 34.0 Å². The average Bonchev–Trinajstić information content (AvgIpc) is 3.33. The van der Waals surface area contributed by atoms with E-state index in [2.05, 4.69) is 15.4 Å². The highest BCUT2D eigenvalue weighted by molar-refractivity contribution is 5.88. The Labute approximate surface area is 190 Å². The maximum absolute atomic E-state index is 12.1. The lowest BCUT2D eigenvalue weighted by Crippen LogP contribution is -2.41. The SMILES string of the molecule is CCCCCOC(=O)Nc1ncnn2c([C@]3(C#N)O[C@H](OC(=O)C(C)C)[C@@H](O)[C@H]3O)ccc12. The molecule has 0 bridgehead atoms. The number of hydrogen-bond acceptors (Lipinski definition) is 10. The molecular formula is C21H27N5O7. The number of carbonyl (C=O) groups excluding carboxylic acids is 2. The summed E-state index contributed by atoms with van der Waals surface area (Å²) in [6.45, 7) is 5.49. The molecule has 4 atom stereocenters. The van der Waals surface area contributed by atoms with E-state index in [1.54, 1.807) is 13.8 Å². The first kappa shape index (κ1) is 24.4. The number of aromatic nitrogens is 3. The molecule has 12 nitrogen and oxygen atoms in total. The van der Waals surface area contributed by atoms with E-state index in [1.807, 2.05) is 13.0 Å². The highest BCUT2D eigenvalue weighted by atomic mass is 16.7. The second-order valence-corrected chi connectivity index (χ2v) is 7.95. The molecule has 0 aromatic carbocycles. The summed E-state index contributed by atoms with van der Waals surface area (Å²) < 4.78 is 17.1. The first-order valence-electron chi connectivity index (χ1n) is 10.7. The third kappa shape index (κ3) is 4.75. The molecule has 0 radical (unpaired) electrons. The maximum Gasteiger partial charge on any atom is 0.412 e. The van der Waals surface area contributed by atoms with Crippen LogP contribution in [0.4, 0.5) is 10.6 Å². The minimum absolute atomic E-state index is 0.0522. The van der Waals surface area contributed by atoms with Crippen LogP contribution in [0, 0.1) is 17.2 Å². The van der Waals surface area contributed by atoms with Gasteiger partial charge in [0.2, 0.25) is 11.9 Å². The fraction of sp³-hybridized carbons (Fsp3) is 0.571. The van der Waals surface area contributed by atoms with Crippen molar-refractivity contribution in [2.24, 2.45) is 5.92 Å². The molecule has 1 saturated heterocycles. The molecule has 1 fully saturated rings. The number of hydrogen-bond donors (Lipinski definition) is 3. The second kappa shape index (κ2) is 10.1. The number of unbranched alkanes of at least 4 members (excludes halogenated alkanes) is 2. The van der Waals surface area contributed by atoms with Gasteiger partial charge in [0.1, 0.15) is 30.1 Å². The van der Waals surface area contributed by atoms with Crippen LogP contribution in [-0.4, -0.2) is 62.0 Å². The zero-order chi connectivity index (χ0) is 24.2. The Morgan fingerprint density at radius 2 is 2.12 bits per heavy atom. The summed E-state index contributed by atoms with van der Waals surface area (Å²) >= 11 is 0. The van der Waals surface area contributed by atoms with Crippen LogP contribution in [0.25, 0.3) is 5.52 Å². The van der Waals surface area contributed by atoms with E-state index < -0.39 is 42.1 Å². The topological polar surface area (TPSA) is 168 Å². The van der Waals surface area contributed by atoms with Gasteiger partial charge in [0, 0.05) is 0 Å². The molecule has 3 heterocycles. The number of fused-ring (bicyclic) bond motifs is 1. The van der Waals surface area contributed by atoms with Gasteiger partial charge in [0.05, 0.1) is 18.2 Å². The van der Waals surface area contributed by atoms with Gasteiger partial charge in [-0.3, -0.25) is 10.1 Å². The molecule has 1 aliphatic rings. The molecule has 0 saturated carbocycles. The predicted octanol–water partition coefficient (Wildman–Crippen LogP) is 1.46. The Kier molecular flexibility index (Phi) is 7.47. The summed E-state index contributed by atoms with van der Waals surface area (Å²) in [6, 6.07) is 4.82. The van der Waals surface area contributed by atoms with Crippen LogP contribution in [0.1, 0.15) is 45.7 Å². The summed E-state index contributed by atoms with van der Waals surface area (Å²) in [4.78, 5) is 28.1. The van der Waals surface area contributed by atoms with E-state index in [1.165, 1.54) is 16.6 Å². The Morgan fingerprint density at radius 3 is 2.79 bits per heavy atom. The summed E-state index contributed by atoms with van der Waals surface area (Å²) in [5.41, 5.74) is -1.75. The van der Waals surface area contributed by atoms with Crippen LogP contribution in [0.5, 0.6) is 0 Å². The predicted molar refractivity (Wildman–Crippen MR) is 113 cm³/mol. The van der Waals surface area contributed by atoms with Crippen LogP contribution in [0.2, 0.25) is 0 Å². The molecule has 1 aliphatic heterocycles. The van der Waals surface area contributed by atoms with Gasteiger partial charge in [0.25, 0.3) is 0 Å². The summed E-state index contributed by atoms with van der Waals surface area (Å²) in [7, 11) is 0. The lowest BCUT2D eigenvalue weighted by Gasteiger charge is -2.23. The van der Waals surface area contributed by atoms with Gasteiger partial charge in [-0.2, -0.15) is 10.4 Å². The van der Waals surface area contributed by atoms with Crippen molar-refractivity contribution in [1.29, 1.82) is 5.26 Å². The van der Waals surface area contributed by atoms with Crippen LogP contribution in [-0.2, 0) is 24.6 Å². The minimum Gasteiger partial charge on any atom is -0.449 e. The number of nitrogens with zero attached hydrogens (tertiary/aromatic N) is 4. The number of ether oxygens (including phenoxy) is 3. The van der Waals surface area contributed by atoms with E-state index in [9.17, 15) is 25.1 Å². The monoisotopic (exact) mass is 461 g/mol. The lowest BCUT2D eigenvalue weighted by atomic mass is 9.93. The van der Waals surface area contributed by atoms with E-state index in [0.717, 1.165) is 25.6 Å². The quantitative estimate of drug-likeness (QED) is 0.386. The van der Waals surface area contributed by atoms with Crippen molar-refractivity contribution in [3.63, 3.8) is 0 Å². The van der Waals surface area contributed by atoms with E-state index in [0.29, 0.717) is 5.52 Å². The van der Waals surface area contributed by atoms with E-state index >= 15 is 0 Å². The molecule has 0 aliphatic carbocycles. The molecule has 2 aromatic rings. The number of esters is 1. The molecule has 33 heavy (non-hydrogen) atoms. The molecule has 12 heteroatoms. The zero-order valence-corrected chi connectivity index (χ0v) is 18.6. The molecule has 0 unspecified atom stereocenters. The van der Waals surface area contributed by atoms with E-state index in [-0.39, 0.29) is 18.1 Å². The van der Waals surface area contributed by atoms with Gasteiger partial charge < -0.3 is 24.4 Å². The Morgan fingerprint density at radius 1 is 1.36 bits per heavy atom. The summed E-state index contributed by atoms with van der Waals surface area (Å²) in [5, 5.41) is 37.6. The van der Waals surface area contributed by atoms with Gasteiger partial charge in [0.15, 0.2) is 5.82 Å². The number of nitriles is 1. The third-order valence-electron chi connectivity index (χ3n) is 5.22. The van der Waals surface area contributed by atoms with Crippen LogP contribution in [0.3, 0.4) is 0 Å². The summed E-state index contributed by atoms with van der Waals surface area (Å²) in [6.07, 6.45) is -1.87. The molecule has 0 spiro atoms. The number of amides is 1. The Hall–Kier alpha value is -3.27. The number of carbonyl (C=O) groups is 2. The Balaban J connectivity index is 1.87. The first-order valence-corrected chi connectivity index (χ1v) is 10.7. The smallest absolute Gasteiger partial charge is 0.412 e. The fourth-order valence-corrected chi connectivity index (χ4v) is 3.38. The first-order chi connectivity index (χ1) is 15.7. The number of rotatable bonds is 8. The van der Waals surface area contributed by atoms with Crippen molar-refractivity contribution in [2.75, 3.05) is 11.9 Å². The molecular weight excluding hydrogens is 434 g/mol. The van der Waals surface area contributed by atoms with Crippen molar-refractivity contribution >= 4 is 23.4 Å². The number of nitrogens with one attached hydrogen (secondary N) is 1. The normalized spacial score (nSPS) is 24.6. The molecule has 2 aromatic heterocycles. The van der Waals surface area contributed by atoms with Crippen molar-refractivity contribution in [1.82, 2.24) is 14.6 Å². The molecule has 178 valence electrons. The van der Waals surface area contributed by atoms with Gasteiger partial charge >= 0.3 is 12.1 Å². The standard InChI is InChI=1S/C21H27N5O7/c1-4-5-6-9-31-20(30)25-17-13-7-8-14(26(13)24-11-23-17)21(10-22)16(28)15(27)19(33-21)32-18(29)12(2)3/h7-8,11-12,15-16,19,27-28H,4-6,9H2,1-3H3,(H,23,24,25,30)/t15-,16+,19-,21-/m0/s1. The van der Waals surface area contributed by atoms with Crippen LogP contribution >= 0.6 is 0 Å². The highest BCUT2D eigenvalue weighted by Crippen LogP contribution is 2.41. The summed E-state index contributed by atoms with van der Waals surface area (Å²) in [5.74, 6) is -1.06. The van der Waals surface area contributed by atoms with Crippen molar-refractivity contribution in [2.45, 2.75) is 64.1 Å². The van der Waals surface area contributed by atoms with Gasteiger partial charge in [-0.15, -0.1) is 0 Å². The Bertz CT molecular complexity index is 1050. The largest absolute Gasteiger partial charge is 0.449 e. The maximum atomic E-state index is 12.1. The minimum atomic E-state index is -2.10. The number of aliphatic hydroxyl groups is 2. The third-order valence-corrected chi connectivity index (χ3v) is 5.22. The van der Waals surface area contributed by atoms with E-state index in [4.69, 9.17) is 14.2 Å². The van der Waals surface area contributed by atoms with Crippen molar-refractivity contribution in [3.8, 4) is 6.07 Å². The second-order valence-electron chi connectivity index (χ2n) is 7.95. The molecule has 3 rings (SSSR count). The van der Waals surface area contributed by atoms with Crippen LogP contribution in [0.15, 0.2) is 18.5 Å². The number of anilines is 1.